The van der Waals surface area contributed by atoms with Gasteiger partial charge in [0.15, 0.2) is 6.10 Å². The van der Waals surface area contributed by atoms with Crippen molar-refractivity contribution in [3.8, 4) is 5.75 Å². The minimum atomic E-state index is -0.679. The van der Waals surface area contributed by atoms with Crippen LogP contribution in [0.1, 0.15) is 40.9 Å². The third-order valence-corrected chi connectivity index (χ3v) is 3.96. The second kappa shape index (κ2) is 8.52. The molecule has 1 amide bonds. The van der Waals surface area contributed by atoms with Gasteiger partial charge in [-0.1, -0.05) is 12.1 Å². The van der Waals surface area contributed by atoms with Crippen molar-refractivity contribution in [2.24, 2.45) is 0 Å². The number of benzene rings is 2. The lowest BCUT2D eigenvalue weighted by atomic mass is 10.1. The van der Waals surface area contributed by atoms with Crippen molar-refractivity contribution in [2.75, 3.05) is 11.9 Å². The zero-order valence-corrected chi connectivity index (χ0v) is 15.9. The topological polar surface area (TPSA) is 64.6 Å². The van der Waals surface area contributed by atoms with Crippen LogP contribution in [0.2, 0.25) is 0 Å². The first-order valence-corrected chi connectivity index (χ1v) is 8.64. The molecule has 0 aliphatic rings. The molecule has 0 aliphatic heterocycles. The summed E-state index contributed by atoms with van der Waals surface area (Å²) in [6.45, 7) is 9.49. The first-order valence-electron chi connectivity index (χ1n) is 8.64. The lowest BCUT2D eigenvalue weighted by Gasteiger charge is -2.17. The standard InChI is InChI=1S/C21H25NO4/c1-6-25-21(24)18-8-7-9-19(15(18)4)22-20(23)16(5)26-17-11-13(2)10-14(3)12-17/h7-12,16H,6H2,1-5H3,(H,22,23)/t16-/m0/s1. The Morgan fingerprint density at radius 2 is 1.73 bits per heavy atom. The Labute approximate surface area is 154 Å². The molecule has 26 heavy (non-hydrogen) atoms. The lowest BCUT2D eigenvalue weighted by Crippen LogP contribution is -2.30. The Kier molecular flexibility index (Phi) is 6.39. The molecule has 2 rings (SSSR count). The van der Waals surface area contributed by atoms with E-state index in [1.54, 1.807) is 39.0 Å². The van der Waals surface area contributed by atoms with Crippen molar-refractivity contribution < 1.29 is 19.1 Å². The molecule has 0 bridgehead atoms. The summed E-state index contributed by atoms with van der Waals surface area (Å²) in [5.74, 6) is -0.0314. The minimum Gasteiger partial charge on any atom is -0.481 e. The first-order chi connectivity index (χ1) is 12.3. The molecular formula is C21H25NO4. The highest BCUT2D eigenvalue weighted by molar-refractivity contribution is 5.98. The van der Waals surface area contributed by atoms with E-state index in [1.165, 1.54) is 0 Å². The Hall–Kier alpha value is -2.82. The summed E-state index contributed by atoms with van der Waals surface area (Å²) in [5.41, 5.74) is 3.82. The smallest absolute Gasteiger partial charge is 0.338 e. The number of nitrogens with one attached hydrogen (secondary N) is 1. The van der Waals surface area contributed by atoms with Gasteiger partial charge < -0.3 is 14.8 Å². The van der Waals surface area contributed by atoms with E-state index < -0.39 is 12.1 Å². The molecule has 0 aliphatic carbocycles. The predicted octanol–water partition coefficient (Wildman–Crippen LogP) is 4.19. The van der Waals surface area contributed by atoms with Gasteiger partial charge in [-0.05, 0) is 75.6 Å². The zero-order valence-electron chi connectivity index (χ0n) is 15.9. The van der Waals surface area contributed by atoms with Crippen molar-refractivity contribution in [1.82, 2.24) is 0 Å². The summed E-state index contributed by atoms with van der Waals surface area (Å²) in [4.78, 5) is 24.5. The van der Waals surface area contributed by atoms with Gasteiger partial charge in [0.2, 0.25) is 0 Å². The van der Waals surface area contributed by atoms with Crippen LogP contribution in [0.3, 0.4) is 0 Å². The summed E-state index contributed by atoms with van der Waals surface area (Å²) >= 11 is 0. The Morgan fingerprint density at radius 3 is 2.35 bits per heavy atom. The zero-order chi connectivity index (χ0) is 19.3. The van der Waals surface area contributed by atoms with Gasteiger partial charge in [0.05, 0.1) is 12.2 Å². The van der Waals surface area contributed by atoms with Crippen molar-refractivity contribution >= 4 is 17.6 Å². The highest BCUT2D eigenvalue weighted by atomic mass is 16.5. The van der Waals surface area contributed by atoms with E-state index in [0.717, 1.165) is 11.1 Å². The van der Waals surface area contributed by atoms with Crippen LogP contribution in [0.25, 0.3) is 0 Å². The largest absolute Gasteiger partial charge is 0.481 e. The van der Waals surface area contributed by atoms with Gasteiger partial charge in [-0.2, -0.15) is 0 Å². The molecule has 5 nitrogen and oxygen atoms in total. The molecule has 138 valence electrons. The third kappa shape index (κ3) is 4.85. The molecule has 0 saturated heterocycles. The summed E-state index contributed by atoms with van der Waals surface area (Å²) < 4.78 is 10.8. The van der Waals surface area contributed by atoms with Crippen LogP contribution in [0.15, 0.2) is 36.4 Å². The number of carbonyl (C=O) groups is 2. The Balaban J connectivity index is 2.11. The number of esters is 1. The van der Waals surface area contributed by atoms with Crippen molar-refractivity contribution in [2.45, 2.75) is 40.7 Å². The molecule has 0 heterocycles. The molecule has 0 saturated carbocycles. The maximum Gasteiger partial charge on any atom is 0.338 e. The summed E-state index contributed by atoms with van der Waals surface area (Å²) in [6.07, 6.45) is -0.679. The molecule has 5 heteroatoms. The SMILES string of the molecule is CCOC(=O)c1cccc(NC(=O)[C@H](C)Oc2cc(C)cc(C)c2)c1C. The van der Waals surface area contributed by atoms with Crippen LogP contribution < -0.4 is 10.1 Å². The number of aryl methyl sites for hydroxylation is 2. The van der Waals surface area contributed by atoms with Gasteiger partial charge >= 0.3 is 5.97 Å². The van der Waals surface area contributed by atoms with Gasteiger partial charge in [-0.15, -0.1) is 0 Å². The number of rotatable bonds is 6. The van der Waals surface area contributed by atoms with E-state index >= 15 is 0 Å². The second-order valence-corrected chi connectivity index (χ2v) is 6.27. The number of ether oxygens (including phenoxy) is 2. The summed E-state index contributed by atoms with van der Waals surface area (Å²) in [6, 6.07) is 11.0. The fraction of sp³-hybridized carbons (Fsp3) is 0.333. The van der Waals surface area contributed by atoms with Gasteiger partial charge in [0.1, 0.15) is 5.75 Å². The van der Waals surface area contributed by atoms with Crippen LogP contribution in [-0.2, 0) is 9.53 Å². The molecule has 1 atom stereocenters. The summed E-state index contributed by atoms with van der Waals surface area (Å²) in [7, 11) is 0. The second-order valence-electron chi connectivity index (χ2n) is 6.27. The minimum absolute atomic E-state index is 0.284. The molecule has 2 aromatic rings. The predicted molar refractivity (Wildman–Crippen MR) is 102 cm³/mol. The van der Waals surface area contributed by atoms with Crippen LogP contribution in [-0.4, -0.2) is 24.6 Å². The average molecular weight is 355 g/mol. The van der Waals surface area contributed by atoms with Crippen LogP contribution in [0.5, 0.6) is 5.75 Å². The van der Waals surface area contributed by atoms with E-state index in [-0.39, 0.29) is 5.91 Å². The van der Waals surface area contributed by atoms with E-state index in [1.807, 2.05) is 32.0 Å². The van der Waals surface area contributed by atoms with E-state index in [2.05, 4.69) is 5.32 Å². The number of hydrogen-bond donors (Lipinski definition) is 1. The van der Waals surface area contributed by atoms with Gasteiger partial charge in [0.25, 0.3) is 5.91 Å². The molecule has 0 fully saturated rings. The van der Waals surface area contributed by atoms with Crippen LogP contribution in [0, 0.1) is 20.8 Å². The lowest BCUT2D eigenvalue weighted by molar-refractivity contribution is -0.122. The van der Waals surface area contributed by atoms with Crippen molar-refractivity contribution in [1.29, 1.82) is 0 Å². The average Bonchev–Trinajstić information content (AvgIpc) is 2.55. The fourth-order valence-electron chi connectivity index (χ4n) is 2.69. The molecule has 1 N–H and O–H groups in total. The highest BCUT2D eigenvalue weighted by Crippen LogP contribution is 2.21. The number of amides is 1. The van der Waals surface area contributed by atoms with E-state index in [9.17, 15) is 9.59 Å². The van der Waals surface area contributed by atoms with Gasteiger partial charge in [-0.3, -0.25) is 4.79 Å². The fourth-order valence-corrected chi connectivity index (χ4v) is 2.69. The molecule has 0 radical (unpaired) electrons. The van der Waals surface area contributed by atoms with E-state index in [0.29, 0.717) is 29.2 Å². The van der Waals surface area contributed by atoms with Crippen molar-refractivity contribution in [3.63, 3.8) is 0 Å². The van der Waals surface area contributed by atoms with Gasteiger partial charge in [-0.25, -0.2) is 4.79 Å². The molecule has 0 aromatic heterocycles. The highest BCUT2D eigenvalue weighted by Gasteiger charge is 2.18. The summed E-state index contributed by atoms with van der Waals surface area (Å²) in [5, 5.41) is 2.83. The van der Waals surface area contributed by atoms with Crippen molar-refractivity contribution in [3.05, 3.63) is 58.7 Å². The Bertz CT molecular complexity index is 793. The molecule has 0 spiro atoms. The molecule has 0 unspecified atom stereocenters. The number of anilines is 1. The van der Waals surface area contributed by atoms with Gasteiger partial charge in [0, 0.05) is 5.69 Å². The quantitative estimate of drug-likeness (QED) is 0.789. The monoisotopic (exact) mass is 355 g/mol. The maximum atomic E-state index is 12.5. The Morgan fingerprint density at radius 1 is 1.08 bits per heavy atom. The third-order valence-electron chi connectivity index (χ3n) is 3.96. The first kappa shape index (κ1) is 19.5. The van der Waals surface area contributed by atoms with Crippen LogP contribution >= 0.6 is 0 Å². The number of carbonyl (C=O) groups excluding carboxylic acids is 2. The van der Waals surface area contributed by atoms with Crippen LogP contribution in [0.4, 0.5) is 5.69 Å². The number of hydrogen-bond acceptors (Lipinski definition) is 4. The molecule has 2 aromatic carbocycles. The molecular weight excluding hydrogens is 330 g/mol. The van der Waals surface area contributed by atoms with E-state index in [4.69, 9.17) is 9.47 Å². The maximum absolute atomic E-state index is 12.5. The normalized spacial score (nSPS) is 11.6.